The van der Waals surface area contributed by atoms with Crippen LogP contribution in [0.3, 0.4) is 0 Å². The molecule has 0 heterocycles. The molecule has 2 heteroatoms. The van der Waals surface area contributed by atoms with Gasteiger partial charge in [0, 0.05) is 17.9 Å². The van der Waals surface area contributed by atoms with Crippen LogP contribution in [-0.2, 0) is 0 Å². The summed E-state index contributed by atoms with van der Waals surface area (Å²) in [5, 5.41) is 3.53. The van der Waals surface area contributed by atoms with Gasteiger partial charge in [-0.1, -0.05) is 26.2 Å². The Balaban J connectivity index is 1.88. The van der Waals surface area contributed by atoms with Crippen LogP contribution in [0.15, 0.2) is 24.3 Å². The van der Waals surface area contributed by atoms with E-state index in [4.69, 9.17) is 5.73 Å². The van der Waals surface area contributed by atoms with Crippen LogP contribution in [0.5, 0.6) is 0 Å². The number of benzene rings is 1. The quantitative estimate of drug-likeness (QED) is 0.760. The SMILES string of the molecule is CC1(CNc2ccc(N)cc2)CCCCC1. The van der Waals surface area contributed by atoms with E-state index in [1.165, 1.54) is 37.8 Å². The van der Waals surface area contributed by atoms with Gasteiger partial charge in [0.05, 0.1) is 0 Å². The van der Waals surface area contributed by atoms with Crippen molar-refractivity contribution >= 4 is 11.4 Å². The van der Waals surface area contributed by atoms with Crippen molar-refractivity contribution in [2.24, 2.45) is 5.41 Å². The van der Waals surface area contributed by atoms with E-state index in [1.54, 1.807) is 0 Å². The predicted octanol–water partition coefficient (Wildman–Crippen LogP) is 3.65. The molecule has 1 saturated carbocycles. The highest BCUT2D eigenvalue weighted by atomic mass is 14.9. The van der Waals surface area contributed by atoms with E-state index in [-0.39, 0.29) is 0 Å². The second-order valence-electron chi connectivity index (χ2n) is 5.35. The maximum Gasteiger partial charge on any atom is 0.0341 e. The van der Waals surface area contributed by atoms with E-state index >= 15 is 0 Å². The molecule has 88 valence electrons. The molecule has 0 amide bonds. The molecule has 3 N–H and O–H groups in total. The van der Waals surface area contributed by atoms with Crippen LogP contribution < -0.4 is 11.1 Å². The molecule has 0 aromatic heterocycles. The highest BCUT2D eigenvalue weighted by molar-refractivity contribution is 5.51. The molecule has 0 spiro atoms. The molecule has 0 atom stereocenters. The van der Waals surface area contributed by atoms with Gasteiger partial charge in [0.2, 0.25) is 0 Å². The molecule has 0 aliphatic heterocycles. The highest BCUT2D eigenvalue weighted by Gasteiger charge is 2.26. The van der Waals surface area contributed by atoms with Gasteiger partial charge in [0.15, 0.2) is 0 Å². The molecule has 0 unspecified atom stereocenters. The summed E-state index contributed by atoms with van der Waals surface area (Å²) in [5.74, 6) is 0. The van der Waals surface area contributed by atoms with Crippen LogP contribution in [0, 0.1) is 5.41 Å². The third-order valence-electron chi connectivity index (χ3n) is 3.69. The van der Waals surface area contributed by atoms with Gasteiger partial charge < -0.3 is 11.1 Å². The lowest BCUT2D eigenvalue weighted by atomic mass is 9.76. The van der Waals surface area contributed by atoms with Crippen LogP contribution in [0.1, 0.15) is 39.0 Å². The normalized spacial score (nSPS) is 19.3. The summed E-state index contributed by atoms with van der Waals surface area (Å²) in [6.45, 7) is 3.48. The van der Waals surface area contributed by atoms with Crippen LogP contribution in [0.25, 0.3) is 0 Å². The molecule has 1 aliphatic carbocycles. The fourth-order valence-corrected chi connectivity index (χ4v) is 2.50. The van der Waals surface area contributed by atoms with E-state index < -0.39 is 0 Å². The lowest BCUT2D eigenvalue weighted by molar-refractivity contribution is 0.233. The standard InChI is InChI=1S/C14H22N2/c1-14(9-3-2-4-10-14)11-16-13-7-5-12(15)6-8-13/h5-8,16H,2-4,9-11,15H2,1H3. The third-order valence-corrected chi connectivity index (χ3v) is 3.69. The average molecular weight is 218 g/mol. The Morgan fingerprint density at radius 2 is 1.75 bits per heavy atom. The predicted molar refractivity (Wildman–Crippen MR) is 70.5 cm³/mol. The smallest absolute Gasteiger partial charge is 0.0341 e. The lowest BCUT2D eigenvalue weighted by Crippen LogP contribution is -2.28. The van der Waals surface area contributed by atoms with Gasteiger partial charge in [-0.2, -0.15) is 0 Å². The molecule has 2 rings (SSSR count). The topological polar surface area (TPSA) is 38.0 Å². The molecule has 1 aromatic carbocycles. The first-order valence-corrected chi connectivity index (χ1v) is 6.27. The first kappa shape index (κ1) is 11.3. The van der Waals surface area contributed by atoms with Crippen molar-refractivity contribution in [3.63, 3.8) is 0 Å². The maximum atomic E-state index is 5.66. The molecule has 1 aliphatic rings. The fourth-order valence-electron chi connectivity index (χ4n) is 2.50. The summed E-state index contributed by atoms with van der Waals surface area (Å²) < 4.78 is 0. The summed E-state index contributed by atoms with van der Waals surface area (Å²) in [6.07, 6.45) is 6.90. The Morgan fingerprint density at radius 3 is 2.38 bits per heavy atom. The van der Waals surface area contributed by atoms with Crippen LogP contribution in [0.4, 0.5) is 11.4 Å². The van der Waals surface area contributed by atoms with E-state index in [1.807, 2.05) is 12.1 Å². The summed E-state index contributed by atoms with van der Waals surface area (Å²) in [6, 6.07) is 8.01. The van der Waals surface area contributed by atoms with E-state index in [0.29, 0.717) is 5.41 Å². The molecule has 1 aromatic rings. The molecule has 16 heavy (non-hydrogen) atoms. The molecule has 0 saturated heterocycles. The Morgan fingerprint density at radius 1 is 1.12 bits per heavy atom. The first-order valence-electron chi connectivity index (χ1n) is 6.27. The van der Waals surface area contributed by atoms with Crippen molar-refractivity contribution in [3.8, 4) is 0 Å². The third kappa shape index (κ3) is 2.91. The zero-order valence-corrected chi connectivity index (χ0v) is 10.1. The number of rotatable bonds is 3. The lowest BCUT2D eigenvalue weighted by Gasteiger charge is -2.34. The van der Waals surface area contributed by atoms with E-state index in [0.717, 1.165) is 12.2 Å². The summed E-state index contributed by atoms with van der Waals surface area (Å²) >= 11 is 0. The number of anilines is 2. The summed E-state index contributed by atoms with van der Waals surface area (Å²) in [4.78, 5) is 0. The molecular weight excluding hydrogens is 196 g/mol. The van der Waals surface area contributed by atoms with Crippen molar-refractivity contribution in [2.75, 3.05) is 17.6 Å². The number of nitrogens with two attached hydrogens (primary N) is 1. The van der Waals surface area contributed by atoms with E-state index in [2.05, 4.69) is 24.4 Å². The van der Waals surface area contributed by atoms with Gasteiger partial charge in [0.25, 0.3) is 0 Å². The van der Waals surface area contributed by atoms with Crippen molar-refractivity contribution in [1.29, 1.82) is 0 Å². The van der Waals surface area contributed by atoms with Crippen molar-refractivity contribution in [1.82, 2.24) is 0 Å². The number of hydrogen-bond acceptors (Lipinski definition) is 2. The molecule has 2 nitrogen and oxygen atoms in total. The molecular formula is C14H22N2. The Hall–Kier alpha value is -1.18. The van der Waals surface area contributed by atoms with Gasteiger partial charge in [-0.05, 0) is 42.5 Å². The van der Waals surface area contributed by atoms with Gasteiger partial charge in [-0.25, -0.2) is 0 Å². The number of nitrogens with one attached hydrogen (secondary N) is 1. The Bertz CT molecular complexity index is 323. The molecule has 1 fully saturated rings. The number of hydrogen-bond donors (Lipinski definition) is 2. The van der Waals surface area contributed by atoms with Crippen LogP contribution in [0.2, 0.25) is 0 Å². The highest BCUT2D eigenvalue weighted by Crippen LogP contribution is 2.35. The van der Waals surface area contributed by atoms with Crippen molar-refractivity contribution in [2.45, 2.75) is 39.0 Å². The molecule has 0 bridgehead atoms. The van der Waals surface area contributed by atoms with Crippen LogP contribution in [-0.4, -0.2) is 6.54 Å². The Labute approximate surface area is 98.2 Å². The Kier molecular flexibility index (Phi) is 3.37. The van der Waals surface area contributed by atoms with Gasteiger partial charge in [-0.15, -0.1) is 0 Å². The monoisotopic (exact) mass is 218 g/mol. The maximum absolute atomic E-state index is 5.66. The van der Waals surface area contributed by atoms with Crippen molar-refractivity contribution < 1.29 is 0 Å². The second kappa shape index (κ2) is 4.77. The molecule has 0 radical (unpaired) electrons. The minimum Gasteiger partial charge on any atom is -0.399 e. The fraction of sp³-hybridized carbons (Fsp3) is 0.571. The zero-order chi connectivity index (χ0) is 11.4. The van der Waals surface area contributed by atoms with Crippen LogP contribution >= 0.6 is 0 Å². The minimum atomic E-state index is 0.486. The second-order valence-corrected chi connectivity index (χ2v) is 5.35. The largest absolute Gasteiger partial charge is 0.399 e. The average Bonchev–Trinajstić information content (AvgIpc) is 2.29. The van der Waals surface area contributed by atoms with Crippen molar-refractivity contribution in [3.05, 3.63) is 24.3 Å². The summed E-state index contributed by atoms with van der Waals surface area (Å²) in [7, 11) is 0. The number of nitrogen functional groups attached to an aromatic ring is 1. The van der Waals surface area contributed by atoms with E-state index in [9.17, 15) is 0 Å². The van der Waals surface area contributed by atoms with Gasteiger partial charge in [-0.3, -0.25) is 0 Å². The zero-order valence-electron chi connectivity index (χ0n) is 10.1. The van der Waals surface area contributed by atoms with Gasteiger partial charge >= 0.3 is 0 Å². The first-order chi connectivity index (χ1) is 7.68. The summed E-state index contributed by atoms with van der Waals surface area (Å²) in [5.41, 5.74) is 8.16. The minimum absolute atomic E-state index is 0.486. The van der Waals surface area contributed by atoms with Gasteiger partial charge in [0.1, 0.15) is 0 Å².